The molecule has 2 rings (SSSR count). The van der Waals surface area contributed by atoms with Gasteiger partial charge in [0.05, 0.1) is 29.4 Å². The number of carbonyl (C=O) groups is 1. The minimum Gasteiger partial charge on any atom is -0.462 e. The van der Waals surface area contributed by atoms with E-state index < -0.39 is 17.6 Å². The third-order valence-corrected chi connectivity index (χ3v) is 3.43. The van der Waals surface area contributed by atoms with E-state index in [0.717, 1.165) is 0 Å². The predicted molar refractivity (Wildman–Crippen MR) is 78.4 cm³/mol. The fraction of sp³-hybridized carbons (Fsp3) is 0.400. The molecule has 112 valence electrons. The number of aromatic amines is 1. The van der Waals surface area contributed by atoms with Crippen LogP contribution in [0.3, 0.4) is 0 Å². The number of hydrogen-bond acceptors (Lipinski definition) is 5. The van der Waals surface area contributed by atoms with Gasteiger partial charge in [0.15, 0.2) is 0 Å². The van der Waals surface area contributed by atoms with E-state index in [1.54, 1.807) is 33.8 Å². The van der Waals surface area contributed by atoms with Crippen LogP contribution in [0.4, 0.5) is 0 Å². The smallest absolute Gasteiger partial charge is 0.338 e. The quantitative estimate of drug-likeness (QED) is 0.840. The van der Waals surface area contributed by atoms with Crippen molar-refractivity contribution < 1.29 is 14.6 Å². The largest absolute Gasteiger partial charge is 0.462 e. The molecule has 2 aromatic rings. The van der Waals surface area contributed by atoms with E-state index in [2.05, 4.69) is 10.2 Å². The highest BCUT2D eigenvalue weighted by atomic mass is 16.5. The van der Waals surface area contributed by atoms with Crippen LogP contribution in [0.25, 0.3) is 10.8 Å². The number of hydrogen-bond donors (Lipinski definition) is 2. The molecule has 0 aliphatic rings. The van der Waals surface area contributed by atoms with Gasteiger partial charge in [-0.05, 0) is 44.9 Å². The number of nitrogens with zero attached hydrogens (tertiary/aromatic N) is 1. The van der Waals surface area contributed by atoms with Gasteiger partial charge >= 0.3 is 5.97 Å². The van der Waals surface area contributed by atoms with Crippen molar-refractivity contribution in [1.29, 1.82) is 0 Å². The summed E-state index contributed by atoms with van der Waals surface area (Å²) in [6, 6.07) is 1.69. The summed E-state index contributed by atoms with van der Waals surface area (Å²) in [7, 11) is 0. The molecule has 21 heavy (non-hydrogen) atoms. The van der Waals surface area contributed by atoms with E-state index in [4.69, 9.17) is 4.74 Å². The highest BCUT2D eigenvalue weighted by Crippen LogP contribution is 2.27. The molecule has 1 unspecified atom stereocenters. The maximum atomic E-state index is 12.1. The number of ether oxygens (including phenoxy) is 1. The molecule has 0 saturated carbocycles. The molecule has 0 aliphatic heterocycles. The fourth-order valence-electron chi connectivity index (χ4n) is 2.54. The van der Waals surface area contributed by atoms with Gasteiger partial charge in [-0.1, -0.05) is 0 Å². The monoisotopic (exact) mass is 290 g/mol. The van der Waals surface area contributed by atoms with Crippen molar-refractivity contribution in [1.82, 2.24) is 10.2 Å². The second-order valence-corrected chi connectivity index (χ2v) is 4.95. The molecule has 1 heterocycles. The molecular weight excluding hydrogens is 272 g/mol. The lowest BCUT2D eigenvalue weighted by molar-refractivity contribution is 0.0525. The van der Waals surface area contributed by atoms with Crippen molar-refractivity contribution in [2.45, 2.75) is 33.8 Å². The lowest BCUT2D eigenvalue weighted by atomic mass is 9.95. The van der Waals surface area contributed by atoms with Gasteiger partial charge in [-0.15, -0.1) is 0 Å². The van der Waals surface area contributed by atoms with Gasteiger partial charge in [-0.3, -0.25) is 4.79 Å². The molecule has 0 spiro atoms. The van der Waals surface area contributed by atoms with Crippen LogP contribution in [0.5, 0.6) is 0 Å². The Morgan fingerprint density at radius 3 is 2.71 bits per heavy atom. The minimum atomic E-state index is -0.823. The zero-order chi connectivity index (χ0) is 15.7. The first-order chi connectivity index (χ1) is 9.88. The van der Waals surface area contributed by atoms with Gasteiger partial charge in [-0.2, -0.15) is 5.10 Å². The van der Waals surface area contributed by atoms with Crippen LogP contribution in [0.2, 0.25) is 0 Å². The van der Waals surface area contributed by atoms with Crippen molar-refractivity contribution in [3.63, 3.8) is 0 Å². The van der Waals surface area contributed by atoms with Gasteiger partial charge in [0.2, 0.25) is 0 Å². The normalized spacial score (nSPS) is 12.4. The Hall–Kier alpha value is -2.21. The number of esters is 1. The van der Waals surface area contributed by atoms with Gasteiger partial charge in [-0.25, -0.2) is 9.89 Å². The predicted octanol–water partition coefficient (Wildman–Crippen LogP) is 1.77. The third kappa shape index (κ3) is 2.54. The minimum absolute atomic E-state index is 0.265. The molecule has 6 heteroatoms. The lowest BCUT2D eigenvalue weighted by Gasteiger charge is -2.14. The molecule has 0 fully saturated rings. The van der Waals surface area contributed by atoms with Crippen molar-refractivity contribution in [3.8, 4) is 0 Å². The third-order valence-electron chi connectivity index (χ3n) is 3.43. The summed E-state index contributed by atoms with van der Waals surface area (Å²) in [5.74, 6) is -0.454. The average Bonchev–Trinajstić information content (AvgIpc) is 2.38. The number of aryl methyl sites for hydroxylation is 2. The molecule has 0 bridgehead atoms. The summed E-state index contributed by atoms with van der Waals surface area (Å²) >= 11 is 0. The van der Waals surface area contributed by atoms with Gasteiger partial charge in [0, 0.05) is 5.39 Å². The zero-order valence-electron chi connectivity index (χ0n) is 12.5. The van der Waals surface area contributed by atoms with Gasteiger partial charge < -0.3 is 9.84 Å². The Morgan fingerprint density at radius 1 is 1.48 bits per heavy atom. The molecular formula is C15H18N2O4. The van der Waals surface area contributed by atoms with Gasteiger partial charge in [0.25, 0.3) is 5.56 Å². The van der Waals surface area contributed by atoms with Crippen LogP contribution < -0.4 is 5.56 Å². The number of carbonyl (C=O) groups excluding carboxylic acids is 1. The number of fused-ring (bicyclic) bond motifs is 1. The lowest BCUT2D eigenvalue weighted by Crippen LogP contribution is -2.17. The zero-order valence-corrected chi connectivity index (χ0v) is 12.5. The Bertz CT molecular complexity index is 762. The fourth-order valence-corrected chi connectivity index (χ4v) is 2.54. The summed E-state index contributed by atoms with van der Waals surface area (Å²) in [4.78, 5) is 24.1. The molecule has 0 aliphatic carbocycles. The van der Waals surface area contributed by atoms with Crippen LogP contribution in [0.15, 0.2) is 10.9 Å². The van der Waals surface area contributed by atoms with Crippen LogP contribution in [-0.4, -0.2) is 27.9 Å². The number of aromatic nitrogens is 2. The maximum absolute atomic E-state index is 12.1. The van der Waals surface area contributed by atoms with E-state index in [1.807, 2.05) is 0 Å². The van der Waals surface area contributed by atoms with Crippen molar-refractivity contribution in [2.24, 2.45) is 0 Å². The molecule has 2 N–H and O–H groups in total. The molecule has 6 nitrogen and oxygen atoms in total. The molecule has 0 saturated heterocycles. The second kappa shape index (κ2) is 5.65. The molecule has 0 radical (unpaired) electrons. The average molecular weight is 290 g/mol. The topological polar surface area (TPSA) is 92.3 Å². The first-order valence-electron chi connectivity index (χ1n) is 6.76. The highest BCUT2D eigenvalue weighted by Gasteiger charge is 2.20. The molecule has 0 amide bonds. The Kier molecular flexibility index (Phi) is 4.09. The summed E-state index contributed by atoms with van der Waals surface area (Å²) in [5, 5.41) is 16.9. The number of aliphatic hydroxyl groups excluding tert-OH is 1. The number of benzene rings is 1. The Morgan fingerprint density at radius 2 is 2.14 bits per heavy atom. The standard InChI is InChI=1S/C15H18N2O4/c1-5-21-15(20)11-7(2)6-10-12(8(11)3)14(19)17-16-13(10)9(4)18/h6,9,18H,5H2,1-4H3,(H,17,19). The van der Waals surface area contributed by atoms with Gasteiger partial charge in [0.1, 0.15) is 0 Å². The molecule has 1 aromatic carbocycles. The van der Waals surface area contributed by atoms with Crippen molar-refractivity contribution in [2.75, 3.05) is 6.61 Å². The maximum Gasteiger partial charge on any atom is 0.338 e. The van der Waals surface area contributed by atoms with Crippen molar-refractivity contribution >= 4 is 16.7 Å². The van der Waals surface area contributed by atoms with Crippen LogP contribution in [0, 0.1) is 13.8 Å². The number of H-pyrrole nitrogens is 1. The van der Waals surface area contributed by atoms with E-state index in [1.165, 1.54) is 0 Å². The molecule has 1 atom stereocenters. The number of aliphatic hydroxyl groups is 1. The van der Waals surface area contributed by atoms with Crippen LogP contribution in [0.1, 0.15) is 47.1 Å². The van der Waals surface area contributed by atoms with Crippen LogP contribution in [-0.2, 0) is 4.74 Å². The first kappa shape index (κ1) is 15.2. The summed E-state index contributed by atoms with van der Waals surface area (Å²) < 4.78 is 5.04. The highest BCUT2D eigenvalue weighted by molar-refractivity contribution is 6.00. The first-order valence-corrected chi connectivity index (χ1v) is 6.76. The Balaban J connectivity index is 2.87. The summed E-state index contributed by atoms with van der Waals surface area (Å²) in [6.45, 7) is 7.03. The second-order valence-electron chi connectivity index (χ2n) is 4.95. The van der Waals surface area contributed by atoms with Crippen LogP contribution >= 0.6 is 0 Å². The Labute approximate surface area is 121 Å². The van der Waals surface area contributed by atoms with E-state index in [-0.39, 0.29) is 6.61 Å². The van der Waals surface area contributed by atoms with E-state index in [0.29, 0.717) is 33.2 Å². The van der Waals surface area contributed by atoms with E-state index >= 15 is 0 Å². The number of nitrogens with one attached hydrogen (secondary N) is 1. The summed E-state index contributed by atoms with van der Waals surface area (Å²) in [5.41, 5.74) is 1.60. The number of rotatable bonds is 3. The van der Waals surface area contributed by atoms with E-state index in [9.17, 15) is 14.7 Å². The SMILES string of the molecule is CCOC(=O)c1c(C)cc2c(C(C)O)n[nH]c(=O)c2c1C. The van der Waals surface area contributed by atoms with Crippen molar-refractivity contribution in [3.05, 3.63) is 38.8 Å². The summed E-state index contributed by atoms with van der Waals surface area (Å²) in [6.07, 6.45) is -0.823. The molecule has 1 aromatic heterocycles.